The molecular weight excluding hydrogens is 304 g/mol. The van der Waals surface area contributed by atoms with Gasteiger partial charge in [-0.15, -0.1) is 0 Å². The van der Waals surface area contributed by atoms with Gasteiger partial charge in [0.05, 0.1) is 28.6 Å². The van der Waals surface area contributed by atoms with Crippen LogP contribution >= 0.6 is 0 Å². The normalized spacial score (nSPS) is 25.7. The van der Waals surface area contributed by atoms with Crippen LogP contribution < -0.4 is 0 Å². The molecule has 23 heavy (non-hydrogen) atoms. The van der Waals surface area contributed by atoms with Crippen molar-refractivity contribution in [1.29, 1.82) is 0 Å². The second kappa shape index (κ2) is 5.82. The minimum absolute atomic E-state index is 0.203. The third-order valence-corrected chi connectivity index (χ3v) is 7.05. The summed E-state index contributed by atoms with van der Waals surface area (Å²) in [7, 11) is 1.69. The lowest BCUT2D eigenvalue weighted by atomic mass is 9.73. The third kappa shape index (κ3) is 2.73. The van der Waals surface area contributed by atoms with E-state index >= 15 is 0 Å². The lowest BCUT2D eigenvalue weighted by Crippen LogP contribution is -2.38. The number of methoxy groups -OCH3 is 2. The van der Waals surface area contributed by atoms with Crippen molar-refractivity contribution in [2.24, 2.45) is 5.41 Å². The predicted octanol–water partition coefficient (Wildman–Crippen LogP) is 4.55. The van der Waals surface area contributed by atoms with Crippen LogP contribution in [0.15, 0.2) is 45.6 Å². The maximum absolute atomic E-state index is 12.3. The molecule has 0 heterocycles. The smallest absolute Gasteiger partial charge is 0.157 e. The van der Waals surface area contributed by atoms with Crippen molar-refractivity contribution in [2.75, 3.05) is 14.2 Å². The topological polar surface area (TPSA) is 35.5 Å². The number of carbonyl (C=O) groups excluding carboxylic acids is 1. The molecule has 0 aromatic heterocycles. The average molecular weight is 333 g/mol. The van der Waals surface area contributed by atoms with E-state index in [2.05, 4.69) is 33.5 Å². The van der Waals surface area contributed by atoms with Crippen molar-refractivity contribution in [1.82, 2.24) is 0 Å². The summed E-state index contributed by atoms with van der Waals surface area (Å²) in [5.74, 6) is 1.12. The minimum atomic E-state index is -1.69. The first kappa shape index (κ1) is 17.8. The summed E-state index contributed by atoms with van der Waals surface area (Å²) in [6.07, 6.45) is 4.06. The Hall–Kier alpha value is -1.55. The van der Waals surface area contributed by atoms with Gasteiger partial charge < -0.3 is 9.47 Å². The van der Waals surface area contributed by atoms with Gasteiger partial charge in [-0.1, -0.05) is 31.8 Å². The minimum Gasteiger partial charge on any atom is -0.504 e. The number of ketones is 1. The Kier molecular flexibility index (Phi) is 4.50. The molecule has 1 atom stereocenters. The lowest BCUT2D eigenvalue weighted by molar-refractivity contribution is -0.116. The largest absolute Gasteiger partial charge is 0.504 e. The Bertz CT molecular complexity index is 671. The van der Waals surface area contributed by atoms with Crippen LogP contribution in [0.2, 0.25) is 19.6 Å². The summed E-state index contributed by atoms with van der Waals surface area (Å²) in [6.45, 7) is 13.3. The molecule has 2 aliphatic carbocycles. The Morgan fingerprint density at radius 3 is 2.39 bits per heavy atom. The quantitative estimate of drug-likeness (QED) is 0.559. The molecular formula is C19H28O3Si. The van der Waals surface area contributed by atoms with Crippen LogP contribution in [0.3, 0.4) is 0 Å². The van der Waals surface area contributed by atoms with E-state index in [1.54, 1.807) is 26.6 Å². The second-order valence-corrected chi connectivity index (χ2v) is 12.7. The zero-order chi connectivity index (χ0) is 17.6. The maximum atomic E-state index is 12.3. The van der Waals surface area contributed by atoms with Gasteiger partial charge in [0.2, 0.25) is 0 Å². The highest BCUT2D eigenvalue weighted by Crippen LogP contribution is 2.58. The van der Waals surface area contributed by atoms with E-state index < -0.39 is 8.07 Å². The van der Waals surface area contributed by atoms with E-state index in [4.69, 9.17) is 9.47 Å². The number of ether oxygens (including phenoxy) is 2. The second-order valence-electron chi connectivity index (χ2n) is 7.75. The Morgan fingerprint density at radius 1 is 1.30 bits per heavy atom. The van der Waals surface area contributed by atoms with Crippen LogP contribution in [-0.4, -0.2) is 28.1 Å². The van der Waals surface area contributed by atoms with Crippen molar-refractivity contribution < 1.29 is 14.3 Å². The molecule has 0 radical (unpaired) electrons. The van der Waals surface area contributed by atoms with E-state index in [0.29, 0.717) is 6.42 Å². The Labute approximate surface area is 140 Å². The molecule has 0 aromatic carbocycles. The van der Waals surface area contributed by atoms with Gasteiger partial charge in [-0.3, -0.25) is 4.79 Å². The van der Waals surface area contributed by atoms with Crippen molar-refractivity contribution >= 4 is 13.9 Å². The molecule has 0 saturated heterocycles. The van der Waals surface area contributed by atoms with Crippen LogP contribution in [0, 0.1) is 5.41 Å². The summed E-state index contributed by atoms with van der Waals surface area (Å²) in [5, 5.41) is 1.39. The van der Waals surface area contributed by atoms with Crippen LogP contribution in [0.4, 0.5) is 0 Å². The first-order valence-corrected chi connectivity index (χ1v) is 11.5. The highest BCUT2D eigenvalue weighted by atomic mass is 28.3. The van der Waals surface area contributed by atoms with Crippen molar-refractivity contribution in [3.8, 4) is 0 Å². The molecule has 0 aliphatic heterocycles. The van der Waals surface area contributed by atoms with Crippen LogP contribution in [0.25, 0.3) is 0 Å². The van der Waals surface area contributed by atoms with Gasteiger partial charge in [0.25, 0.3) is 0 Å². The standard InChI is InChI=1S/C19H28O3Si/c1-12-9-14(20)10-19(3)16(12)17(22-5)15(13(2)11-21-4)18(19)23(6,7)8/h9,11H,10H2,1-8H3/b13-11+. The summed E-state index contributed by atoms with van der Waals surface area (Å²) in [4.78, 5) is 12.3. The van der Waals surface area contributed by atoms with E-state index in [1.165, 1.54) is 10.8 Å². The van der Waals surface area contributed by atoms with Gasteiger partial charge >= 0.3 is 0 Å². The molecule has 4 heteroatoms. The number of fused-ring (bicyclic) bond motifs is 1. The molecule has 0 bridgehead atoms. The summed E-state index contributed by atoms with van der Waals surface area (Å²) >= 11 is 0. The fraction of sp³-hybridized carbons (Fsp3) is 0.526. The van der Waals surface area contributed by atoms with Gasteiger partial charge in [0.15, 0.2) is 5.78 Å². The maximum Gasteiger partial charge on any atom is 0.157 e. The first-order chi connectivity index (χ1) is 10.6. The molecule has 2 rings (SSSR count). The van der Waals surface area contributed by atoms with Crippen molar-refractivity contribution in [3.63, 3.8) is 0 Å². The molecule has 0 amide bonds. The molecule has 0 aromatic rings. The van der Waals surface area contributed by atoms with Gasteiger partial charge in [-0.05, 0) is 31.1 Å². The molecule has 0 spiro atoms. The van der Waals surface area contributed by atoms with Crippen LogP contribution in [0.5, 0.6) is 0 Å². The Balaban J connectivity index is 2.88. The van der Waals surface area contributed by atoms with Gasteiger partial charge in [0.1, 0.15) is 5.76 Å². The van der Waals surface area contributed by atoms with Gasteiger partial charge in [0, 0.05) is 23.0 Å². The van der Waals surface area contributed by atoms with Gasteiger partial charge in [-0.2, -0.15) is 0 Å². The molecule has 0 fully saturated rings. The van der Waals surface area contributed by atoms with Gasteiger partial charge in [-0.25, -0.2) is 0 Å². The fourth-order valence-corrected chi connectivity index (χ4v) is 7.34. The van der Waals surface area contributed by atoms with E-state index in [1.807, 2.05) is 6.92 Å². The number of hydrogen-bond acceptors (Lipinski definition) is 3. The molecule has 0 saturated carbocycles. The monoisotopic (exact) mass is 332 g/mol. The highest BCUT2D eigenvalue weighted by molar-refractivity contribution is 6.83. The van der Waals surface area contributed by atoms with E-state index in [0.717, 1.165) is 22.5 Å². The number of hydrogen-bond donors (Lipinski definition) is 0. The molecule has 2 aliphatic rings. The van der Waals surface area contributed by atoms with Crippen molar-refractivity contribution in [3.05, 3.63) is 45.6 Å². The summed E-state index contributed by atoms with van der Waals surface area (Å²) in [6, 6.07) is 0. The lowest BCUT2D eigenvalue weighted by Gasteiger charge is -2.39. The highest BCUT2D eigenvalue weighted by Gasteiger charge is 2.51. The molecule has 1 unspecified atom stereocenters. The summed E-state index contributed by atoms with van der Waals surface area (Å²) in [5.41, 5.74) is 4.15. The van der Waals surface area contributed by atoms with Crippen LogP contribution in [0.1, 0.15) is 27.2 Å². The molecule has 0 N–H and O–H groups in total. The number of carbonyl (C=O) groups is 1. The average Bonchev–Trinajstić information content (AvgIpc) is 2.66. The fourth-order valence-electron chi connectivity index (χ4n) is 4.41. The third-order valence-electron chi connectivity index (χ3n) is 4.75. The summed E-state index contributed by atoms with van der Waals surface area (Å²) < 4.78 is 11.1. The van der Waals surface area contributed by atoms with Crippen molar-refractivity contribution in [2.45, 2.75) is 46.8 Å². The molecule has 3 nitrogen and oxygen atoms in total. The zero-order valence-electron chi connectivity index (χ0n) is 15.6. The molecule has 126 valence electrons. The first-order valence-electron chi connectivity index (χ1n) is 8.03. The van der Waals surface area contributed by atoms with E-state index in [9.17, 15) is 4.79 Å². The Morgan fingerprint density at radius 2 is 1.91 bits per heavy atom. The number of allylic oxidation sites excluding steroid dienone is 5. The predicted molar refractivity (Wildman–Crippen MR) is 96.7 cm³/mol. The zero-order valence-corrected chi connectivity index (χ0v) is 16.6. The van der Waals surface area contributed by atoms with E-state index in [-0.39, 0.29) is 11.2 Å². The number of rotatable bonds is 4. The SMILES string of the molecule is CO/C=C(\C)C1=C([Si](C)(C)C)C2(C)CC(=O)C=C(C)C2=C1OC. The van der Waals surface area contributed by atoms with Crippen LogP contribution in [-0.2, 0) is 14.3 Å².